The van der Waals surface area contributed by atoms with Gasteiger partial charge in [-0.2, -0.15) is 0 Å². The van der Waals surface area contributed by atoms with E-state index in [2.05, 4.69) is 15.3 Å². The summed E-state index contributed by atoms with van der Waals surface area (Å²) in [6.45, 7) is 6.59. The summed E-state index contributed by atoms with van der Waals surface area (Å²) in [5.74, 6) is 0.270. The molecule has 2 unspecified atom stereocenters. The molecule has 0 saturated carbocycles. The minimum absolute atomic E-state index is 0.118. The molecule has 0 spiro atoms. The summed E-state index contributed by atoms with van der Waals surface area (Å²) in [6.07, 6.45) is 4.74. The lowest BCUT2D eigenvalue weighted by molar-refractivity contribution is 0.120. The Hall–Kier alpha value is -1.00. The zero-order chi connectivity index (χ0) is 11.3. The van der Waals surface area contributed by atoms with Gasteiger partial charge in [0.2, 0.25) is 0 Å². The lowest BCUT2D eigenvalue weighted by atomic mass is 10.1. The van der Waals surface area contributed by atoms with E-state index in [-0.39, 0.29) is 18.1 Å². The highest BCUT2D eigenvalue weighted by Crippen LogP contribution is 2.07. The van der Waals surface area contributed by atoms with Gasteiger partial charge in [-0.05, 0) is 12.8 Å². The monoisotopic (exact) mass is 209 g/mol. The number of hydrogen-bond acceptors (Lipinski definition) is 4. The van der Waals surface area contributed by atoms with Crippen molar-refractivity contribution in [1.82, 2.24) is 15.3 Å². The molecule has 1 aromatic rings. The molecule has 1 aromatic heterocycles. The summed E-state index contributed by atoms with van der Waals surface area (Å²) in [7, 11) is 0. The van der Waals surface area contributed by atoms with Crippen LogP contribution in [0.2, 0.25) is 0 Å². The number of rotatable bonds is 5. The van der Waals surface area contributed by atoms with Crippen LogP contribution in [0.25, 0.3) is 0 Å². The Labute approximate surface area is 90.8 Å². The standard InChI is InChI=1S/C11H19N3O/c1-8(2)11(15)7-14-9(3)10-6-12-4-5-13-10/h4-6,8-9,11,14-15H,7H2,1-3H3. The van der Waals surface area contributed by atoms with Crippen LogP contribution in [0.3, 0.4) is 0 Å². The van der Waals surface area contributed by atoms with Gasteiger partial charge in [0, 0.05) is 31.2 Å². The Morgan fingerprint density at radius 1 is 1.33 bits per heavy atom. The van der Waals surface area contributed by atoms with Gasteiger partial charge in [0.1, 0.15) is 0 Å². The van der Waals surface area contributed by atoms with E-state index >= 15 is 0 Å². The molecule has 0 bridgehead atoms. The molecule has 0 aliphatic heterocycles. The predicted octanol–water partition coefficient (Wildman–Crippen LogP) is 1.14. The molecule has 4 heteroatoms. The fraction of sp³-hybridized carbons (Fsp3) is 0.636. The number of aromatic nitrogens is 2. The average Bonchev–Trinajstić information content (AvgIpc) is 2.26. The minimum atomic E-state index is -0.316. The molecule has 0 aromatic carbocycles. The van der Waals surface area contributed by atoms with Gasteiger partial charge in [0.25, 0.3) is 0 Å². The molecule has 2 atom stereocenters. The quantitative estimate of drug-likeness (QED) is 0.763. The second kappa shape index (κ2) is 5.78. The molecule has 1 rings (SSSR count). The van der Waals surface area contributed by atoms with Crippen molar-refractivity contribution >= 4 is 0 Å². The van der Waals surface area contributed by atoms with E-state index in [4.69, 9.17) is 0 Å². The van der Waals surface area contributed by atoms with Crippen LogP contribution in [0.1, 0.15) is 32.5 Å². The lowest BCUT2D eigenvalue weighted by Crippen LogP contribution is -2.32. The molecule has 0 amide bonds. The normalized spacial score (nSPS) is 15.3. The van der Waals surface area contributed by atoms with Crippen LogP contribution in [-0.4, -0.2) is 27.7 Å². The van der Waals surface area contributed by atoms with Crippen LogP contribution in [0, 0.1) is 5.92 Å². The summed E-state index contributed by atoms with van der Waals surface area (Å²) in [6, 6.07) is 0.118. The van der Waals surface area contributed by atoms with Crippen LogP contribution in [0.5, 0.6) is 0 Å². The van der Waals surface area contributed by atoms with Gasteiger partial charge < -0.3 is 10.4 Å². The minimum Gasteiger partial charge on any atom is -0.392 e. The van der Waals surface area contributed by atoms with E-state index < -0.39 is 0 Å². The van der Waals surface area contributed by atoms with Crippen LogP contribution < -0.4 is 5.32 Å². The topological polar surface area (TPSA) is 58.0 Å². The van der Waals surface area contributed by atoms with Crippen LogP contribution in [-0.2, 0) is 0 Å². The van der Waals surface area contributed by atoms with Crippen molar-refractivity contribution < 1.29 is 5.11 Å². The molecule has 0 aliphatic rings. The molecule has 84 valence electrons. The summed E-state index contributed by atoms with van der Waals surface area (Å²) in [5.41, 5.74) is 0.897. The highest BCUT2D eigenvalue weighted by atomic mass is 16.3. The van der Waals surface area contributed by atoms with Crippen molar-refractivity contribution in [1.29, 1.82) is 0 Å². The van der Waals surface area contributed by atoms with E-state index in [1.165, 1.54) is 0 Å². The Morgan fingerprint density at radius 2 is 2.07 bits per heavy atom. The van der Waals surface area contributed by atoms with Gasteiger partial charge in [-0.1, -0.05) is 13.8 Å². The summed E-state index contributed by atoms with van der Waals surface area (Å²) >= 11 is 0. The zero-order valence-corrected chi connectivity index (χ0v) is 9.51. The van der Waals surface area contributed by atoms with Gasteiger partial charge in [-0.15, -0.1) is 0 Å². The Balaban J connectivity index is 2.40. The Bertz CT molecular complexity index is 276. The maximum absolute atomic E-state index is 9.62. The van der Waals surface area contributed by atoms with Gasteiger partial charge in [0.05, 0.1) is 11.8 Å². The van der Waals surface area contributed by atoms with Gasteiger partial charge in [-0.3, -0.25) is 9.97 Å². The Morgan fingerprint density at radius 3 is 2.60 bits per heavy atom. The van der Waals surface area contributed by atoms with Crippen molar-refractivity contribution in [3.8, 4) is 0 Å². The van der Waals surface area contributed by atoms with E-state index in [0.717, 1.165) is 5.69 Å². The van der Waals surface area contributed by atoms with Crippen molar-refractivity contribution in [3.05, 3.63) is 24.3 Å². The Kier molecular flexibility index (Phi) is 4.65. The zero-order valence-electron chi connectivity index (χ0n) is 9.51. The molecule has 0 fully saturated rings. The highest BCUT2D eigenvalue weighted by molar-refractivity contribution is 5.00. The molecule has 0 radical (unpaired) electrons. The fourth-order valence-corrected chi connectivity index (χ4v) is 1.17. The van der Waals surface area contributed by atoms with E-state index in [1.807, 2.05) is 20.8 Å². The number of nitrogens with zero attached hydrogens (tertiary/aromatic N) is 2. The molecule has 0 saturated heterocycles. The van der Waals surface area contributed by atoms with Crippen LogP contribution >= 0.6 is 0 Å². The van der Waals surface area contributed by atoms with Gasteiger partial charge in [-0.25, -0.2) is 0 Å². The number of aliphatic hydroxyl groups excluding tert-OH is 1. The highest BCUT2D eigenvalue weighted by Gasteiger charge is 2.12. The third-order valence-corrected chi connectivity index (χ3v) is 2.43. The average molecular weight is 209 g/mol. The first-order valence-electron chi connectivity index (χ1n) is 5.28. The van der Waals surface area contributed by atoms with Gasteiger partial charge >= 0.3 is 0 Å². The van der Waals surface area contributed by atoms with E-state index in [9.17, 15) is 5.11 Å². The first-order valence-corrected chi connectivity index (χ1v) is 5.28. The van der Waals surface area contributed by atoms with Crippen molar-refractivity contribution in [2.75, 3.05) is 6.54 Å². The second-order valence-corrected chi connectivity index (χ2v) is 4.07. The SMILES string of the molecule is CC(NCC(O)C(C)C)c1cnccn1. The lowest BCUT2D eigenvalue weighted by Gasteiger charge is -2.18. The molecular weight excluding hydrogens is 190 g/mol. The number of aliphatic hydroxyl groups is 1. The summed E-state index contributed by atoms with van der Waals surface area (Å²) < 4.78 is 0. The second-order valence-electron chi connectivity index (χ2n) is 4.07. The maximum atomic E-state index is 9.62. The summed E-state index contributed by atoms with van der Waals surface area (Å²) in [5, 5.41) is 12.9. The predicted molar refractivity (Wildman–Crippen MR) is 59.3 cm³/mol. The molecule has 0 aliphatic carbocycles. The van der Waals surface area contributed by atoms with E-state index in [1.54, 1.807) is 18.6 Å². The number of hydrogen-bond donors (Lipinski definition) is 2. The molecule has 1 heterocycles. The third-order valence-electron chi connectivity index (χ3n) is 2.43. The first-order chi connectivity index (χ1) is 7.11. The molecule has 4 nitrogen and oxygen atoms in total. The molecule has 15 heavy (non-hydrogen) atoms. The third kappa shape index (κ3) is 3.93. The maximum Gasteiger partial charge on any atom is 0.0753 e. The van der Waals surface area contributed by atoms with Crippen LogP contribution in [0.15, 0.2) is 18.6 Å². The fourth-order valence-electron chi connectivity index (χ4n) is 1.17. The number of nitrogens with one attached hydrogen (secondary N) is 1. The van der Waals surface area contributed by atoms with Crippen LogP contribution in [0.4, 0.5) is 0 Å². The largest absolute Gasteiger partial charge is 0.392 e. The van der Waals surface area contributed by atoms with E-state index in [0.29, 0.717) is 6.54 Å². The van der Waals surface area contributed by atoms with Crippen molar-refractivity contribution in [3.63, 3.8) is 0 Å². The first kappa shape index (κ1) is 12.1. The summed E-state index contributed by atoms with van der Waals surface area (Å²) in [4.78, 5) is 8.20. The molecular formula is C11H19N3O. The molecule has 2 N–H and O–H groups in total. The van der Waals surface area contributed by atoms with Crippen molar-refractivity contribution in [2.24, 2.45) is 5.92 Å². The van der Waals surface area contributed by atoms with Gasteiger partial charge in [0.15, 0.2) is 0 Å². The van der Waals surface area contributed by atoms with Crippen molar-refractivity contribution in [2.45, 2.75) is 32.9 Å². The smallest absolute Gasteiger partial charge is 0.0753 e.